The highest BCUT2D eigenvalue weighted by Gasteiger charge is 2.23. The van der Waals surface area contributed by atoms with E-state index in [1.54, 1.807) is 6.92 Å². The molecule has 106 valence electrons. The van der Waals surface area contributed by atoms with Gasteiger partial charge in [-0.05, 0) is 12.5 Å². The first kappa shape index (κ1) is 14.2. The number of carbonyl (C=O) groups is 1. The summed E-state index contributed by atoms with van der Waals surface area (Å²) in [6.45, 7) is 1.80. The van der Waals surface area contributed by atoms with Crippen molar-refractivity contribution in [3.8, 4) is 0 Å². The second kappa shape index (κ2) is 5.81. The zero-order chi connectivity index (χ0) is 14.7. The first-order valence-electron chi connectivity index (χ1n) is 6.16. The van der Waals surface area contributed by atoms with E-state index in [-0.39, 0.29) is 11.6 Å². The van der Waals surface area contributed by atoms with Gasteiger partial charge in [-0.25, -0.2) is 8.78 Å². The molecule has 1 aromatic heterocycles. The molecule has 6 heteroatoms. The standard InChI is InChI=1S/C14H15F2N3O/c1-9(10-6-4-3-5-7-10)17-14(20)11-8-19(2)18-12(11)13(15)16/h3-9,13H,1-2H3,(H,17,20)/t9-/m1/s1. The van der Waals surface area contributed by atoms with Crippen LogP contribution in [0.1, 0.15) is 41.0 Å². The van der Waals surface area contributed by atoms with Crippen LogP contribution in [-0.4, -0.2) is 15.7 Å². The van der Waals surface area contributed by atoms with Crippen molar-refractivity contribution in [1.82, 2.24) is 15.1 Å². The number of rotatable bonds is 4. The predicted octanol–water partition coefficient (Wildman–Crippen LogP) is 2.85. The monoisotopic (exact) mass is 279 g/mol. The van der Waals surface area contributed by atoms with Crippen molar-refractivity contribution < 1.29 is 13.6 Å². The van der Waals surface area contributed by atoms with Crippen LogP contribution in [0.2, 0.25) is 0 Å². The van der Waals surface area contributed by atoms with E-state index in [0.29, 0.717) is 0 Å². The van der Waals surface area contributed by atoms with E-state index in [9.17, 15) is 13.6 Å². The Kier molecular flexibility index (Phi) is 4.12. The number of hydrogen-bond donors (Lipinski definition) is 1. The normalized spacial score (nSPS) is 12.4. The lowest BCUT2D eigenvalue weighted by Gasteiger charge is -2.14. The molecule has 0 bridgehead atoms. The zero-order valence-electron chi connectivity index (χ0n) is 11.2. The third kappa shape index (κ3) is 3.01. The van der Waals surface area contributed by atoms with Crippen molar-refractivity contribution in [2.45, 2.75) is 19.4 Å². The van der Waals surface area contributed by atoms with Crippen LogP contribution in [0.15, 0.2) is 36.5 Å². The Morgan fingerprint density at radius 1 is 1.30 bits per heavy atom. The molecular weight excluding hydrogens is 264 g/mol. The Hall–Kier alpha value is -2.24. The molecule has 0 aliphatic heterocycles. The quantitative estimate of drug-likeness (QED) is 0.935. The van der Waals surface area contributed by atoms with E-state index in [1.807, 2.05) is 30.3 Å². The molecule has 0 saturated carbocycles. The Morgan fingerprint density at radius 3 is 2.55 bits per heavy atom. The fourth-order valence-corrected chi connectivity index (χ4v) is 1.94. The van der Waals surface area contributed by atoms with E-state index in [0.717, 1.165) is 5.56 Å². The fourth-order valence-electron chi connectivity index (χ4n) is 1.94. The Labute approximate surface area is 115 Å². The first-order chi connectivity index (χ1) is 9.49. The topological polar surface area (TPSA) is 46.9 Å². The maximum Gasteiger partial charge on any atom is 0.282 e. The van der Waals surface area contributed by atoms with E-state index in [4.69, 9.17) is 0 Å². The minimum atomic E-state index is -2.77. The number of amides is 1. The SMILES string of the molecule is C[C@@H](NC(=O)c1cn(C)nc1C(F)F)c1ccccc1. The number of alkyl halides is 2. The first-order valence-corrected chi connectivity index (χ1v) is 6.16. The minimum Gasteiger partial charge on any atom is -0.345 e. The number of carbonyl (C=O) groups excluding carboxylic acids is 1. The number of nitrogens with one attached hydrogen (secondary N) is 1. The molecule has 1 aromatic carbocycles. The highest BCUT2D eigenvalue weighted by atomic mass is 19.3. The van der Waals surface area contributed by atoms with Crippen LogP contribution in [0.4, 0.5) is 8.78 Å². The lowest BCUT2D eigenvalue weighted by atomic mass is 10.1. The number of aromatic nitrogens is 2. The maximum atomic E-state index is 12.8. The highest BCUT2D eigenvalue weighted by Crippen LogP contribution is 2.21. The van der Waals surface area contributed by atoms with Crippen molar-refractivity contribution in [1.29, 1.82) is 0 Å². The highest BCUT2D eigenvalue weighted by molar-refractivity contribution is 5.95. The van der Waals surface area contributed by atoms with Crippen molar-refractivity contribution >= 4 is 5.91 Å². The van der Waals surface area contributed by atoms with Crippen molar-refractivity contribution in [3.05, 3.63) is 53.3 Å². The molecule has 0 aliphatic rings. The summed E-state index contributed by atoms with van der Waals surface area (Å²) in [7, 11) is 1.50. The molecule has 0 fully saturated rings. The number of nitrogens with zero attached hydrogens (tertiary/aromatic N) is 2. The summed E-state index contributed by atoms with van der Waals surface area (Å²) < 4.78 is 26.8. The van der Waals surface area contributed by atoms with Crippen LogP contribution < -0.4 is 5.32 Å². The molecule has 2 rings (SSSR count). The molecule has 0 saturated heterocycles. The second-order valence-electron chi connectivity index (χ2n) is 4.51. The van der Waals surface area contributed by atoms with Crippen LogP contribution in [-0.2, 0) is 7.05 Å². The van der Waals surface area contributed by atoms with E-state index >= 15 is 0 Å². The van der Waals surface area contributed by atoms with E-state index in [2.05, 4.69) is 10.4 Å². The molecule has 0 unspecified atom stereocenters. The number of aryl methyl sites for hydroxylation is 1. The van der Waals surface area contributed by atoms with Crippen LogP contribution in [0.25, 0.3) is 0 Å². The maximum absolute atomic E-state index is 12.8. The molecule has 1 heterocycles. The van der Waals surface area contributed by atoms with Crippen LogP contribution in [0, 0.1) is 0 Å². The van der Waals surface area contributed by atoms with Gasteiger partial charge in [0.05, 0.1) is 11.6 Å². The summed E-state index contributed by atoms with van der Waals surface area (Å²) in [4.78, 5) is 12.1. The van der Waals surface area contributed by atoms with Crippen LogP contribution in [0.5, 0.6) is 0 Å². The molecule has 0 spiro atoms. The number of benzene rings is 1. The number of halogens is 2. The average Bonchev–Trinajstić information content (AvgIpc) is 2.82. The van der Waals surface area contributed by atoms with E-state index < -0.39 is 18.0 Å². The summed E-state index contributed by atoms with van der Waals surface area (Å²) in [5.74, 6) is -0.551. The van der Waals surface area contributed by atoms with Gasteiger partial charge in [0.25, 0.3) is 12.3 Å². The van der Waals surface area contributed by atoms with Gasteiger partial charge in [0, 0.05) is 13.2 Å². The Morgan fingerprint density at radius 2 is 1.95 bits per heavy atom. The van der Waals surface area contributed by atoms with Gasteiger partial charge in [0.15, 0.2) is 0 Å². The molecule has 1 atom stereocenters. The Bertz CT molecular complexity index is 596. The smallest absolute Gasteiger partial charge is 0.282 e. The molecule has 0 radical (unpaired) electrons. The van der Waals surface area contributed by atoms with Gasteiger partial charge in [-0.15, -0.1) is 0 Å². The van der Waals surface area contributed by atoms with Crippen LogP contribution >= 0.6 is 0 Å². The Balaban J connectivity index is 2.16. The summed E-state index contributed by atoms with van der Waals surface area (Å²) in [6, 6.07) is 9.03. The summed E-state index contributed by atoms with van der Waals surface area (Å²) in [6.07, 6.45) is -1.47. The fraction of sp³-hybridized carbons (Fsp3) is 0.286. The molecule has 0 aliphatic carbocycles. The molecule has 1 amide bonds. The van der Waals surface area contributed by atoms with Crippen LogP contribution in [0.3, 0.4) is 0 Å². The van der Waals surface area contributed by atoms with Gasteiger partial charge in [0.1, 0.15) is 5.69 Å². The third-order valence-corrected chi connectivity index (χ3v) is 2.96. The number of hydrogen-bond acceptors (Lipinski definition) is 2. The van der Waals surface area contributed by atoms with Gasteiger partial charge in [-0.3, -0.25) is 9.48 Å². The summed E-state index contributed by atoms with van der Waals surface area (Å²) >= 11 is 0. The zero-order valence-corrected chi connectivity index (χ0v) is 11.2. The average molecular weight is 279 g/mol. The van der Waals surface area contributed by atoms with Crippen molar-refractivity contribution in [3.63, 3.8) is 0 Å². The van der Waals surface area contributed by atoms with Gasteiger partial charge < -0.3 is 5.32 Å². The molecular formula is C14H15F2N3O. The second-order valence-corrected chi connectivity index (χ2v) is 4.51. The lowest BCUT2D eigenvalue weighted by Crippen LogP contribution is -2.27. The van der Waals surface area contributed by atoms with E-state index in [1.165, 1.54) is 17.9 Å². The largest absolute Gasteiger partial charge is 0.345 e. The summed E-state index contributed by atoms with van der Waals surface area (Å²) in [5, 5.41) is 6.31. The molecule has 1 N–H and O–H groups in total. The van der Waals surface area contributed by atoms with Gasteiger partial charge >= 0.3 is 0 Å². The minimum absolute atomic E-state index is 0.0923. The predicted molar refractivity (Wildman–Crippen MR) is 70.5 cm³/mol. The van der Waals surface area contributed by atoms with Crippen molar-refractivity contribution in [2.75, 3.05) is 0 Å². The third-order valence-electron chi connectivity index (χ3n) is 2.96. The lowest BCUT2D eigenvalue weighted by molar-refractivity contribution is 0.0925. The molecule has 20 heavy (non-hydrogen) atoms. The molecule has 2 aromatic rings. The van der Waals surface area contributed by atoms with Gasteiger partial charge in [-0.2, -0.15) is 5.10 Å². The molecule has 4 nitrogen and oxygen atoms in total. The van der Waals surface area contributed by atoms with Gasteiger partial charge in [0.2, 0.25) is 0 Å². The van der Waals surface area contributed by atoms with Crippen molar-refractivity contribution in [2.24, 2.45) is 7.05 Å². The van der Waals surface area contributed by atoms with Gasteiger partial charge in [-0.1, -0.05) is 30.3 Å². The summed E-state index contributed by atoms with van der Waals surface area (Å²) in [5.41, 5.74) is 0.318.